The largest absolute Gasteiger partial charge is 0.459 e. The van der Waals surface area contributed by atoms with Crippen LogP contribution in [0.5, 0.6) is 0 Å². The van der Waals surface area contributed by atoms with Crippen LogP contribution in [0.1, 0.15) is 56.8 Å². The normalized spacial score (nSPS) is 19.8. The molecule has 2 atom stereocenters. The lowest BCUT2D eigenvalue weighted by Crippen LogP contribution is -2.44. The summed E-state index contributed by atoms with van der Waals surface area (Å²) in [5.74, 6) is -3.56. The van der Waals surface area contributed by atoms with Crippen molar-refractivity contribution in [1.82, 2.24) is 4.57 Å². The summed E-state index contributed by atoms with van der Waals surface area (Å²) in [6.07, 6.45) is 6.60. The van der Waals surface area contributed by atoms with Crippen LogP contribution in [0.3, 0.4) is 0 Å². The standard InChI is InChI=1S/C24H33F2N2O3/c1-3-4-8-13-27-14-15-28(19(27)2)16-17-31-22(29)24(30,20-9-6-5-7-10-20)21-11-12-23(25,26)18-21/h5-7,9-10,14-15,21,30H,3-4,8,11-13,16-18H2,1-2H3/q+1/t21-,24-/m0/s1. The molecule has 0 amide bonds. The number of halogens is 2. The summed E-state index contributed by atoms with van der Waals surface area (Å²) in [6, 6.07) is 8.30. The van der Waals surface area contributed by atoms with Crippen molar-refractivity contribution >= 4 is 5.97 Å². The van der Waals surface area contributed by atoms with Crippen molar-refractivity contribution in [3.05, 3.63) is 54.1 Å². The molecule has 2 aromatic rings. The third-order valence-electron chi connectivity index (χ3n) is 6.35. The van der Waals surface area contributed by atoms with Crippen molar-refractivity contribution in [1.29, 1.82) is 0 Å². The number of alkyl halides is 2. The summed E-state index contributed by atoms with van der Waals surface area (Å²) < 4.78 is 37.3. The third kappa shape index (κ3) is 5.32. The van der Waals surface area contributed by atoms with Crippen molar-refractivity contribution in [2.24, 2.45) is 5.92 Å². The molecular weight excluding hydrogens is 402 g/mol. The molecule has 1 fully saturated rings. The monoisotopic (exact) mass is 435 g/mol. The molecule has 0 radical (unpaired) electrons. The molecule has 1 aliphatic carbocycles. The van der Waals surface area contributed by atoms with Gasteiger partial charge in [-0.05, 0) is 24.8 Å². The van der Waals surface area contributed by atoms with Gasteiger partial charge in [0.25, 0.3) is 5.82 Å². The van der Waals surface area contributed by atoms with Gasteiger partial charge >= 0.3 is 5.97 Å². The van der Waals surface area contributed by atoms with Gasteiger partial charge < -0.3 is 9.84 Å². The van der Waals surface area contributed by atoms with Crippen LogP contribution in [0.25, 0.3) is 0 Å². The molecule has 1 saturated carbocycles. The second-order valence-corrected chi connectivity index (χ2v) is 8.50. The summed E-state index contributed by atoms with van der Waals surface area (Å²) in [5.41, 5.74) is -1.78. The number of ether oxygens (including phenoxy) is 1. The number of nitrogens with zero attached hydrogens (tertiary/aromatic N) is 2. The van der Waals surface area contributed by atoms with Gasteiger partial charge in [0.2, 0.25) is 5.92 Å². The maximum absolute atomic E-state index is 13.9. The summed E-state index contributed by atoms with van der Waals surface area (Å²) in [7, 11) is 0. The molecule has 31 heavy (non-hydrogen) atoms. The van der Waals surface area contributed by atoms with Gasteiger partial charge in [0.1, 0.15) is 25.5 Å². The van der Waals surface area contributed by atoms with E-state index in [-0.39, 0.29) is 19.4 Å². The molecule has 7 heteroatoms. The predicted octanol–water partition coefficient (Wildman–Crippen LogP) is 4.14. The molecule has 1 heterocycles. The van der Waals surface area contributed by atoms with Gasteiger partial charge in [0, 0.05) is 25.7 Å². The van der Waals surface area contributed by atoms with Gasteiger partial charge in [-0.2, -0.15) is 0 Å². The Morgan fingerprint density at radius 3 is 2.71 bits per heavy atom. The molecule has 0 bridgehead atoms. The summed E-state index contributed by atoms with van der Waals surface area (Å²) >= 11 is 0. The van der Waals surface area contributed by atoms with Gasteiger partial charge in [0.05, 0.1) is 6.54 Å². The van der Waals surface area contributed by atoms with E-state index in [1.54, 1.807) is 30.3 Å². The summed E-state index contributed by atoms with van der Waals surface area (Å²) in [5, 5.41) is 11.3. The second-order valence-electron chi connectivity index (χ2n) is 8.50. The Morgan fingerprint density at radius 2 is 2.06 bits per heavy atom. The Morgan fingerprint density at radius 1 is 1.32 bits per heavy atom. The summed E-state index contributed by atoms with van der Waals surface area (Å²) in [4.78, 5) is 13.0. The number of rotatable bonds is 10. The second kappa shape index (κ2) is 9.90. The van der Waals surface area contributed by atoms with Crippen molar-refractivity contribution in [2.75, 3.05) is 6.61 Å². The molecule has 1 aromatic heterocycles. The van der Waals surface area contributed by atoms with Gasteiger partial charge in [-0.3, -0.25) is 0 Å². The molecule has 1 aromatic carbocycles. The number of benzene rings is 1. The van der Waals surface area contributed by atoms with Crippen LogP contribution in [0.2, 0.25) is 0 Å². The Bertz CT molecular complexity index is 869. The lowest BCUT2D eigenvalue weighted by Gasteiger charge is -2.32. The number of carbonyl (C=O) groups excluding carboxylic acids is 1. The molecule has 3 rings (SSSR count). The van der Waals surface area contributed by atoms with Crippen molar-refractivity contribution < 1.29 is 28.0 Å². The number of esters is 1. The first-order chi connectivity index (χ1) is 14.8. The van der Waals surface area contributed by atoms with E-state index in [0.29, 0.717) is 12.1 Å². The number of aliphatic hydroxyl groups is 1. The number of unbranched alkanes of at least 4 members (excludes halogenated alkanes) is 2. The minimum atomic E-state index is -2.87. The highest BCUT2D eigenvalue weighted by Crippen LogP contribution is 2.47. The van der Waals surface area contributed by atoms with Crippen LogP contribution < -0.4 is 4.57 Å². The topological polar surface area (TPSA) is 55.3 Å². The number of carbonyl (C=O) groups is 1. The summed E-state index contributed by atoms with van der Waals surface area (Å²) in [6.45, 7) is 5.61. The van der Waals surface area contributed by atoms with E-state index in [4.69, 9.17) is 4.74 Å². The zero-order valence-electron chi connectivity index (χ0n) is 18.4. The fourth-order valence-electron chi connectivity index (χ4n) is 4.41. The Labute approximate surface area is 182 Å². The van der Waals surface area contributed by atoms with Gasteiger partial charge in [0.15, 0.2) is 5.60 Å². The van der Waals surface area contributed by atoms with Crippen molar-refractivity contribution in [2.45, 2.75) is 77.0 Å². The number of hydrogen-bond acceptors (Lipinski definition) is 3. The maximum Gasteiger partial charge on any atom is 0.343 e. The van der Waals surface area contributed by atoms with E-state index >= 15 is 0 Å². The van der Waals surface area contributed by atoms with Gasteiger partial charge in [-0.15, -0.1) is 0 Å². The molecule has 5 nitrogen and oxygen atoms in total. The third-order valence-corrected chi connectivity index (χ3v) is 6.35. The molecule has 0 saturated heterocycles. The van der Waals surface area contributed by atoms with Crippen LogP contribution in [-0.2, 0) is 28.2 Å². The van der Waals surface area contributed by atoms with Crippen LogP contribution in [0.4, 0.5) is 8.78 Å². The molecule has 1 N–H and O–H groups in total. The van der Waals surface area contributed by atoms with E-state index < -0.39 is 29.8 Å². The number of imidazole rings is 1. The minimum absolute atomic E-state index is 0.0571. The zero-order chi connectivity index (χ0) is 22.5. The fraction of sp³-hybridized carbons (Fsp3) is 0.583. The Hall–Kier alpha value is -2.28. The first-order valence-electron chi connectivity index (χ1n) is 11.2. The van der Waals surface area contributed by atoms with Crippen molar-refractivity contribution in [3.63, 3.8) is 0 Å². The molecule has 1 aliphatic rings. The highest BCUT2D eigenvalue weighted by molar-refractivity contribution is 5.81. The average Bonchev–Trinajstić information content (AvgIpc) is 3.30. The van der Waals surface area contributed by atoms with E-state index in [1.165, 1.54) is 6.42 Å². The van der Waals surface area contributed by atoms with Crippen molar-refractivity contribution in [3.8, 4) is 0 Å². The lowest BCUT2D eigenvalue weighted by atomic mass is 9.80. The van der Waals surface area contributed by atoms with Crippen LogP contribution in [-0.4, -0.2) is 28.2 Å². The smallest absolute Gasteiger partial charge is 0.343 e. The first-order valence-corrected chi connectivity index (χ1v) is 11.2. The Balaban J connectivity index is 1.67. The van der Waals surface area contributed by atoms with Crippen LogP contribution in [0, 0.1) is 12.8 Å². The molecule has 0 aliphatic heterocycles. The first kappa shape index (κ1) is 23.4. The van der Waals surface area contributed by atoms with E-state index in [2.05, 4.69) is 11.5 Å². The number of aromatic nitrogens is 2. The van der Waals surface area contributed by atoms with E-state index in [1.807, 2.05) is 23.9 Å². The maximum atomic E-state index is 13.9. The number of hydrogen-bond donors (Lipinski definition) is 1. The quantitative estimate of drug-likeness (QED) is 0.347. The van der Waals surface area contributed by atoms with Crippen LogP contribution >= 0.6 is 0 Å². The molecule has 0 unspecified atom stereocenters. The fourth-order valence-corrected chi connectivity index (χ4v) is 4.41. The zero-order valence-corrected chi connectivity index (χ0v) is 18.4. The van der Waals surface area contributed by atoms with Crippen LogP contribution in [0.15, 0.2) is 42.7 Å². The average molecular weight is 436 g/mol. The molecule has 170 valence electrons. The predicted molar refractivity (Wildman–Crippen MR) is 112 cm³/mol. The van der Waals surface area contributed by atoms with E-state index in [9.17, 15) is 18.7 Å². The van der Waals surface area contributed by atoms with Gasteiger partial charge in [-0.25, -0.2) is 22.7 Å². The lowest BCUT2D eigenvalue weighted by molar-refractivity contribution is -0.702. The molecule has 0 spiro atoms. The molecular formula is C24H33F2N2O3+. The van der Waals surface area contributed by atoms with Gasteiger partial charge in [-0.1, -0.05) is 43.7 Å². The highest BCUT2D eigenvalue weighted by atomic mass is 19.3. The SMILES string of the molecule is CCCCC[n+]1ccn(CCOC(=O)[C@](O)(c2ccccc2)[C@H]2CCC(F)(F)C2)c1C. The minimum Gasteiger partial charge on any atom is -0.459 e. The number of aryl methyl sites for hydroxylation is 1. The van der Waals surface area contributed by atoms with E-state index in [0.717, 1.165) is 25.2 Å². The highest BCUT2D eigenvalue weighted by Gasteiger charge is 2.54. The Kier molecular flexibility index (Phi) is 7.46.